The fraction of sp³-hybridized carbons (Fsp3) is 0.368. The van der Waals surface area contributed by atoms with Crippen molar-refractivity contribution in [3.63, 3.8) is 0 Å². The summed E-state index contributed by atoms with van der Waals surface area (Å²) in [6.07, 6.45) is 1.19. The summed E-state index contributed by atoms with van der Waals surface area (Å²) in [5.74, 6) is 1.12. The molecule has 0 amide bonds. The van der Waals surface area contributed by atoms with Gasteiger partial charge >= 0.3 is 0 Å². The standard InChI is InChI=1S/C19H22ClN/c1-13-3-4-16(11-14(13)2)18-9-10-21-12-19(18)15-5-7-17(20)8-6-15/h3-8,11,18-19,21H,9-10,12H2,1-2H3. The van der Waals surface area contributed by atoms with E-state index in [-0.39, 0.29) is 0 Å². The molecule has 0 aromatic heterocycles. The lowest BCUT2D eigenvalue weighted by Crippen LogP contribution is -2.34. The molecule has 21 heavy (non-hydrogen) atoms. The summed E-state index contributed by atoms with van der Waals surface area (Å²) in [6, 6.07) is 15.3. The van der Waals surface area contributed by atoms with Crippen LogP contribution in [0.1, 0.15) is 40.5 Å². The zero-order valence-electron chi connectivity index (χ0n) is 12.7. The second kappa shape index (κ2) is 6.21. The van der Waals surface area contributed by atoms with E-state index in [0.29, 0.717) is 11.8 Å². The summed E-state index contributed by atoms with van der Waals surface area (Å²) in [5, 5.41) is 4.35. The summed E-state index contributed by atoms with van der Waals surface area (Å²) < 4.78 is 0. The van der Waals surface area contributed by atoms with Crippen LogP contribution >= 0.6 is 11.6 Å². The molecule has 1 heterocycles. The molecule has 2 atom stereocenters. The summed E-state index contributed by atoms with van der Waals surface area (Å²) in [6.45, 7) is 6.52. The Morgan fingerprint density at radius 3 is 2.33 bits per heavy atom. The number of rotatable bonds is 2. The van der Waals surface area contributed by atoms with Gasteiger partial charge in [-0.15, -0.1) is 0 Å². The van der Waals surface area contributed by atoms with Crippen LogP contribution in [0.3, 0.4) is 0 Å². The van der Waals surface area contributed by atoms with Crippen LogP contribution in [0.4, 0.5) is 0 Å². The maximum absolute atomic E-state index is 6.03. The predicted molar refractivity (Wildman–Crippen MR) is 90.3 cm³/mol. The van der Waals surface area contributed by atoms with E-state index in [0.717, 1.165) is 18.1 Å². The predicted octanol–water partition coefficient (Wildman–Crippen LogP) is 4.82. The van der Waals surface area contributed by atoms with Crippen LogP contribution in [0.5, 0.6) is 0 Å². The number of benzene rings is 2. The second-order valence-corrected chi connectivity index (χ2v) is 6.54. The van der Waals surface area contributed by atoms with Gasteiger partial charge in [0.25, 0.3) is 0 Å². The zero-order chi connectivity index (χ0) is 14.8. The lowest BCUT2D eigenvalue weighted by molar-refractivity contribution is 0.404. The summed E-state index contributed by atoms with van der Waals surface area (Å²) in [4.78, 5) is 0. The van der Waals surface area contributed by atoms with Crippen LogP contribution in [0.2, 0.25) is 5.02 Å². The van der Waals surface area contributed by atoms with Crippen LogP contribution in [0.25, 0.3) is 0 Å². The molecule has 1 aliphatic rings. The van der Waals surface area contributed by atoms with Crippen molar-refractivity contribution in [2.75, 3.05) is 13.1 Å². The number of hydrogen-bond donors (Lipinski definition) is 1. The smallest absolute Gasteiger partial charge is 0.0406 e. The second-order valence-electron chi connectivity index (χ2n) is 6.10. The van der Waals surface area contributed by atoms with E-state index in [1.54, 1.807) is 0 Å². The van der Waals surface area contributed by atoms with Gasteiger partial charge in [-0.3, -0.25) is 0 Å². The van der Waals surface area contributed by atoms with Crippen molar-refractivity contribution in [2.45, 2.75) is 32.1 Å². The first kappa shape index (κ1) is 14.6. The van der Waals surface area contributed by atoms with E-state index >= 15 is 0 Å². The Balaban J connectivity index is 1.94. The molecule has 1 fully saturated rings. The number of nitrogens with one attached hydrogen (secondary N) is 1. The molecule has 1 aliphatic heterocycles. The molecular weight excluding hydrogens is 278 g/mol. The molecule has 1 nitrogen and oxygen atoms in total. The number of aryl methyl sites for hydroxylation is 2. The van der Waals surface area contributed by atoms with Gasteiger partial charge in [-0.05, 0) is 67.1 Å². The van der Waals surface area contributed by atoms with Crippen LogP contribution in [-0.4, -0.2) is 13.1 Å². The minimum Gasteiger partial charge on any atom is -0.316 e. The van der Waals surface area contributed by atoms with Gasteiger partial charge in [0.1, 0.15) is 0 Å². The van der Waals surface area contributed by atoms with E-state index in [1.165, 1.54) is 28.7 Å². The van der Waals surface area contributed by atoms with Gasteiger partial charge in [-0.1, -0.05) is 41.9 Å². The van der Waals surface area contributed by atoms with Crippen LogP contribution < -0.4 is 5.32 Å². The molecule has 0 spiro atoms. The van der Waals surface area contributed by atoms with E-state index in [9.17, 15) is 0 Å². The highest BCUT2D eigenvalue weighted by Gasteiger charge is 2.27. The molecule has 2 aromatic carbocycles. The number of hydrogen-bond acceptors (Lipinski definition) is 1. The monoisotopic (exact) mass is 299 g/mol. The van der Waals surface area contributed by atoms with Crippen molar-refractivity contribution in [3.05, 3.63) is 69.7 Å². The van der Waals surface area contributed by atoms with Crippen molar-refractivity contribution in [1.29, 1.82) is 0 Å². The van der Waals surface area contributed by atoms with Crippen LogP contribution in [0, 0.1) is 13.8 Å². The van der Waals surface area contributed by atoms with Gasteiger partial charge in [-0.25, -0.2) is 0 Å². The Morgan fingerprint density at radius 2 is 1.62 bits per heavy atom. The van der Waals surface area contributed by atoms with Gasteiger partial charge in [0.2, 0.25) is 0 Å². The van der Waals surface area contributed by atoms with Crippen LogP contribution in [-0.2, 0) is 0 Å². The normalized spacial score (nSPS) is 22.2. The Kier molecular flexibility index (Phi) is 4.32. The van der Waals surface area contributed by atoms with Gasteiger partial charge in [0, 0.05) is 17.5 Å². The van der Waals surface area contributed by atoms with Crippen molar-refractivity contribution in [3.8, 4) is 0 Å². The Morgan fingerprint density at radius 1 is 0.905 bits per heavy atom. The molecule has 0 saturated carbocycles. The first-order valence-electron chi connectivity index (χ1n) is 7.68. The SMILES string of the molecule is Cc1ccc(C2CCNCC2c2ccc(Cl)cc2)cc1C. The highest BCUT2D eigenvalue weighted by atomic mass is 35.5. The van der Waals surface area contributed by atoms with E-state index < -0.39 is 0 Å². The molecule has 1 saturated heterocycles. The van der Waals surface area contributed by atoms with Gasteiger partial charge in [0.05, 0.1) is 0 Å². The Labute approximate surface area is 132 Å². The first-order chi connectivity index (χ1) is 10.1. The maximum atomic E-state index is 6.03. The first-order valence-corrected chi connectivity index (χ1v) is 8.06. The average Bonchev–Trinajstić information content (AvgIpc) is 2.51. The average molecular weight is 300 g/mol. The van der Waals surface area contributed by atoms with Crippen LogP contribution in [0.15, 0.2) is 42.5 Å². The van der Waals surface area contributed by atoms with Gasteiger partial charge in [-0.2, -0.15) is 0 Å². The number of halogens is 1. The molecule has 110 valence electrons. The largest absolute Gasteiger partial charge is 0.316 e. The van der Waals surface area contributed by atoms with Crippen molar-refractivity contribution < 1.29 is 0 Å². The lowest BCUT2D eigenvalue weighted by atomic mass is 9.77. The molecular formula is C19H22ClN. The fourth-order valence-electron chi connectivity index (χ4n) is 3.31. The lowest BCUT2D eigenvalue weighted by Gasteiger charge is -2.33. The minimum atomic E-state index is 0.526. The maximum Gasteiger partial charge on any atom is 0.0406 e. The quantitative estimate of drug-likeness (QED) is 0.838. The highest BCUT2D eigenvalue weighted by molar-refractivity contribution is 6.30. The topological polar surface area (TPSA) is 12.0 Å². The third-order valence-electron chi connectivity index (χ3n) is 4.74. The van der Waals surface area contributed by atoms with Crippen molar-refractivity contribution >= 4 is 11.6 Å². The summed E-state index contributed by atoms with van der Waals surface area (Å²) in [5.41, 5.74) is 5.62. The Bertz CT molecular complexity index is 618. The third-order valence-corrected chi connectivity index (χ3v) is 4.99. The van der Waals surface area contributed by atoms with Gasteiger partial charge < -0.3 is 5.32 Å². The molecule has 2 aromatic rings. The molecule has 3 rings (SSSR count). The highest BCUT2D eigenvalue weighted by Crippen LogP contribution is 2.38. The number of piperidine rings is 1. The van der Waals surface area contributed by atoms with E-state index in [2.05, 4.69) is 49.5 Å². The molecule has 0 bridgehead atoms. The van der Waals surface area contributed by atoms with Crippen molar-refractivity contribution in [1.82, 2.24) is 5.32 Å². The molecule has 2 unspecified atom stereocenters. The summed E-state index contributed by atoms with van der Waals surface area (Å²) >= 11 is 6.03. The summed E-state index contributed by atoms with van der Waals surface area (Å²) in [7, 11) is 0. The Hall–Kier alpha value is -1.31. The fourth-order valence-corrected chi connectivity index (χ4v) is 3.44. The van der Waals surface area contributed by atoms with Crippen molar-refractivity contribution in [2.24, 2.45) is 0 Å². The van der Waals surface area contributed by atoms with E-state index in [4.69, 9.17) is 11.6 Å². The van der Waals surface area contributed by atoms with Gasteiger partial charge in [0.15, 0.2) is 0 Å². The molecule has 0 radical (unpaired) electrons. The minimum absolute atomic E-state index is 0.526. The molecule has 0 aliphatic carbocycles. The van der Waals surface area contributed by atoms with E-state index in [1.807, 2.05) is 12.1 Å². The molecule has 2 heteroatoms. The third kappa shape index (κ3) is 3.14. The molecule has 1 N–H and O–H groups in total. The zero-order valence-corrected chi connectivity index (χ0v) is 13.5.